The number of nitrogens with zero attached hydrogens (tertiary/aromatic N) is 2. The second-order valence-electron chi connectivity index (χ2n) is 4.85. The van der Waals surface area contributed by atoms with E-state index in [1.165, 1.54) is 0 Å². The quantitative estimate of drug-likeness (QED) is 0.725. The summed E-state index contributed by atoms with van der Waals surface area (Å²) in [6.45, 7) is 3.63. The highest BCUT2D eigenvalue weighted by atomic mass is 32.1. The van der Waals surface area contributed by atoms with Crippen molar-refractivity contribution >= 4 is 17.2 Å². The SMILES string of the molecule is CN(C)CCN(C)CCOc1cccc(C(N)=S)c1. The number of hydrogen-bond acceptors (Lipinski definition) is 4. The molecule has 0 aliphatic heterocycles. The third-order valence-electron chi connectivity index (χ3n) is 2.79. The van der Waals surface area contributed by atoms with Crippen LogP contribution in [0.1, 0.15) is 5.56 Å². The first-order valence-electron chi connectivity index (χ1n) is 6.35. The van der Waals surface area contributed by atoms with E-state index in [9.17, 15) is 0 Å². The molecule has 0 saturated heterocycles. The molecule has 1 aromatic carbocycles. The van der Waals surface area contributed by atoms with Gasteiger partial charge in [0.2, 0.25) is 0 Å². The van der Waals surface area contributed by atoms with Crippen LogP contribution in [0.5, 0.6) is 5.75 Å². The number of likely N-dealkylation sites (N-methyl/N-ethyl adjacent to an activating group) is 2. The minimum Gasteiger partial charge on any atom is -0.492 e. The predicted molar refractivity (Wildman–Crippen MR) is 83.9 cm³/mol. The molecule has 0 spiro atoms. The Hall–Kier alpha value is -1.17. The molecule has 2 N–H and O–H groups in total. The van der Waals surface area contributed by atoms with Crippen molar-refractivity contribution in [2.45, 2.75) is 0 Å². The van der Waals surface area contributed by atoms with Crippen molar-refractivity contribution in [1.82, 2.24) is 9.80 Å². The molecule has 5 heteroatoms. The molecule has 0 heterocycles. The Bertz CT molecular complexity index is 409. The van der Waals surface area contributed by atoms with E-state index in [4.69, 9.17) is 22.7 Å². The maximum atomic E-state index is 5.70. The van der Waals surface area contributed by atoms with E-state index in [2.05, 4.69) is 30.9 Å². The van der Waals surface area contributed by atoms with Crippen LogP contribution in [0.4, 0.5) is 0 Å². The van der Waals surface area contributed by atoms with Gasteiger partial charge in [-0.3, -0.25) is 0 Å². The summed E-state index contributed by atoms with van der Waals surface area (Å²) in [6.07, 6.45) is 0. The number of nitrogens with two attached hydrogens (primary N) is 1. The van der Waals surface area contributed by atoms with Crippen molar-refractivity contribution in [3.63, 3.8) is 0 Å². The molecule has 4 nitrogen and oxygen atoms in total. The molecular formula is C14H23N3OS. The number of hydrogen-bond donors (Lipinski definition) is 1. The van der Waals surface area contributed by atoms with Gasteiger partial charge in [0.25, 0.3) is 0 Å². The third kappa shape index (κ3) is 6.52. The number of rotatable bonds is 8. The lowest BCUT2D eigenvalue weighted by Crippen LogP contribution is -2.31. The largest absolute Gasteiger partial charge is 0.492 e. The highest BCUT2D eigenvalue weighted by molar-refractivity contribution is 7.80. The maximum Gasteiger partial charge on any atom is 0.120 e. The molecular weight excluding hydrogens is 258 g/mol. The molecule has 0 saturated carbocycles. The molecule has 0 amide bonds. The third-order valence-corrected chi connectivity index (χ3v) is 3.02. The number of thiocarbonyl (C=S) groups is 1. The van der Waals surface area contributed by atoms with Crippen LogP contribution in [-0.2, 0) is 0 Å². The summed E-state index contributed by atoms with van der Waals surface area (Å²) in [5.41, 5.74) is 6.43. The zero-order valence-corrected chi connectivity index (χ0v) is 12.7. The molecule has 0 aliphatic carbocycles. The Morgan fingerprint density at radius 2 is 1.95 bits per heavy atom. The molecule has 0 aliphatic rings. The molecule has 0 radical (unpaired) electrons. The molecule has 106 valence electrons. The lowest BCUT2D eigenvalue weighted by molar-refractivity contribution is 0.222. The lowest BCUT2D eigenvalue weighted by atomic mass is 10.2. The fraction of sp³-hybridized carbons (Fsp3) is 0.500. The molecule has 0 aromatic heterocycles. The molecule has 0 fully saturated rings. The van der Waals surface area contributed by atoms with Crippen LogP contribution >= 0.6 is 12.2 Å². The minimum absolute atomic E-state index is 0.397. The summed E-state index contributed by atoms with van der Waals surface area (Å²) in [5, 5.41) is 0. The Morgan fingerprint density at radius 1 is 1.21 bits per heavy atom. The number of benzene rings is 1. The van der Waals surface area contributed by atoms with Gasteiger partial charge in [0.15, 0.2) is 0 Å². The Morgan fingerprint density at radius 3 is 2.58 bits per heavy atom. The maximum absolute atomic E-state index is 5.70. The van der Waals surface area contributed by atoms with Crippen LogP contribution in [-0.4, -0.2) is 62.2 Å². The van der Waals surface area contributed by atoms with Crippen molar-refractivity contribution in [1.29, 1.82) is 0 Å². The minimum atomic E-state index is 0.397. The average Bonchev–Trinajstić information content (AvgIpc) is 2.36. The first-order valence-corrected chi connectivity index (χ1v) is 6.76. The molecule has 0 atom stereocenters. The van der Waals surface area contributed by atoms with Gasteiger partial charge in [-0.1, -0.05) is 24.4 Å². The first kappa shape index (κ1) is 15.9. The van der Waals surface area contributed by atoms with E-state index in [0.717, 1.165) is 30.9 Å². The second kappa shape index (κ2) is 8.09. The van der Waals surface area contributed by atoms with Crippen LogP contribution in [0, 0.1) is 0 Å². The summed E-state index contributed by atoms with van der Waals surface area (Å²) >= 11 is 4.94. The van der Waals surface area contributed by atoms with Gasteiger partial charge in [0.1, 0.15) is 17.3 Å². The fourth-order valence-electron chi connectivity index (χ4n) is 1.54. The average molecular weight is 281 g/mol. The summed E-state index contributed by atoms with van der Waals surface area (Å²) < 4.78 is 5.70. The summed E-state index contributed by atoms with van der Waals surface area (Å²) in [6, 6.07) is 7.59. The van der Waals surface area contributed by atoms with Gasteiger partial charge < -0.3 is 20.3 Å². The standard InChI is InChI=1S/C14H23N3OS/c1-16(2)7-8-17(3)9-10-18-13-6-4-5-12(11-13)14(15)19/h4-6,11H,7-10H2,1-3H3,(H2,15,19). The lowest BCUT2D eigenvalue weighted by Gasteiger charge is -2.19. The topological polar surface area (TPSA) is 41.7 Å². The van der Waals surface area contributed by atoms with Gasteiger partial charge >= 0.3 is 0 Å². The van der Waals surface area contributed by atoms with Gasteiger partial charge in [-0.05, 0) is 33.3 Å². The van der Waals surface area contributed by atoms with Crippen molar-refractivity contribution in [2.24, 2.45) is 5.73 Å². The van der Waals surface area contributed by atoms with Crippen LogP contribution < -0.4 is 10.5 Å². The summed E-state index contributed by atoms with van der Waals surface area (Å²) in [7, 11) is 6.25. The van der Waals surface area contributed by atoms with Crippen molar-refractivity contribution in [2.75, 3.05) is 47.4 Å². The smallest absolute Gasteiger partial charge is 0.120 e. The monoisotopic (exact) mass is 281 g/mol. The van der Waals surface area contributed by atoms with Crippen LogP contribution in [0.15, 0.2) is 24.3 Å². The van der Waals surface area contributed by atoms with Gasteiger partial charge in [0, 0.05) is 25.2 Å². The Balaban J connectivity index is 2.32. The van der Waals surface area contributed by atoms with Gasteiger partial charge in [-0.25, -0.2) is 0 Å². The van der Waals surface area contributed by atoms with E-state index < -0.39 is 0 Å². The highest BCUT2D eigenvalue weighted by Crippen LogP contribution is 2.13. The zero-order valence-electron chi connectivity index (χ0n) is 11.9. The molecule has 0 bridgehead atoms. The Kier molecular flexibility index (Phi) is 6.77. The van der Waals surface area contributed by atoms with Crippen LogP contribution in [0.2, 0.25) is 0 Å². The normalized spacial score (nSPS) is 11.0. The van der Waals surface area contributed by atoms with E-state index in [1.54, 1.807) is 0 Å². The highest BCUT2D eigenvalue weighted by Gasteiger charge is 2.02. The summed E-state index contributed by atoms with van der Waals surface area (Å²) in [5.74, 6) is 0.811. The van der Waals surface area contributed by atoms with Gasteiger partial charge in [-0.2, -0.15) is 0 Å². The molecule has 1 rings (SSSR count). The van der Waals surface area contributed by atoms with Crippen LogP contribution in [0.3, 0.4) is 0 Å². The van der Waals surface area contributed by atoms with Crippen LogP contribution in [0.25, 0.3) is 0 Å². The Labute approximate surface area is 121 Å². The molecule has 1 aromatic rings. The van der Waals surface area contributed by atoms with Gasteiger partial charge in [-0.15, -0.1) is 0 Å². The molecule has 0 unspecified atom stereocenters. The zero-order chi connectivity index (χ0) is 14.3. The fourth-order valence-corrected chi connectivity index (χ4v) is 1.67. The van der Waals surface area contributed by atoms with E-state index in [1.807, 2.05) is 24.3 Å². The second-order valence-corrected chi connectivity index (χ2v) is 5.29. The van der Waals surface area contributed by atoms with Crippen molar-refractivity contribution < 1.29 is 4.74 Å². The first-order chi connectivity index (χ1) is 8.99. The number of ether oxygens (including phenoxy) is 1. The van der Waals surface area contributed by atoms with E-state index >= 15 is 0 Å². The van der Waals surface area contributed by atoms with Gasteiger partial charge in [0.05, 0.1) is 0 Å². The summed E-state index contributed by atoms with van der Waals surface area (Å²) in [4.78, 5) is 4.81. The van der Waals surface area contributed by atoms with E-state index in [0.29, 0.717) is 11.6 Å². The predicted octanol–water partition coefficient (Wildman–Crippen LogP) is 1.19. The van der Waals surface area contributed by atoms with Crippen molar-refractivity contribution in [3.8, 4) is 5.75 Å². The van der Waals surface area contributed by atoms with Crippen molar-refractivity contribution in [3.05, 3.63) is 29.8 Å². The molecule has 19 heavy (non-hydrogen) atoms. The van der Waals surface area contributed by atoms with E-state index in [-0.39, 0.29) is 0 Å².